The molecule has 0 aliphatic heterocycles. The molecule has 2 aromatic heterocycles. The second kappa shape index (κ2) is 9.23. The molecule has 0 radical (unpaired) electrons. The van der Waals surface area contributed by atoms with Crippen molar-refractivity contribution in [1.29, 1.82) is 0 Å². The van der Waals surface area contributed by atoms with Crippen molar-refractivity contribution in [2.24, 2.45) is 0 Å². The number of aromatic nitrogens is 2. The number of ether oxygens (including phenoxy) is 2. The van der Waals surface area contributed by atoms with Gasteiger partial charge in [-0.1, -0.05) is 0 Å². The average molecular weight is 631 g/mol. The van der Waals surface area contributed by atoms with Crippen LogP contribution < -0.4 is 17.8 Å². The first-order valence-electron chi connectivity index (χ1n) is 9.63. The molecule has 0 saturated carbocycles. The van der Waals surface area contributed by atoms with Crippen molar-refractivity contribution >= 4 is 63.2 Å². The molecular weight excluding hydrogens is 616 g/mol. The number of methoxy groups -OCH3 is 1. The smallest absolute Gasteiger partial charge is 0.446 e. The van der Waals surface area contributed by atoms with Crippen molar-refractivity contribution in [3.05, 3.63) is 42.7 Å². The predicted octanol–water partition coefficient (Wildman–Crippen LogP) is 1.06. The van der Waals surface area contributed by atoms with Crippen LogP contribution in [0.4, 0.5) is 0 Å². The zero-order valence-electron chi connectivity index (χ0n) is 18.8. The molecule has 22 heteroatoms. The molecular formula is C17H14N2O16S4. The van der Waals surface area contributed by atoms with Crippen molar-refractivity contribution in [1.82, 2.24) is 7.94 Å². The fraction of sp³-hybridized carbons (Fsp3) is 0.0588. The number of benzene rings is 2. The third-order valence-corrected chi connectivity index (χ3v) is 7.27. The van der Waals surface area contributed by atoms with E-state index in [1.165, 1.54) is 0 Å². The zero-order valence-corrected chi connectivity index (χ0v) is 22.0. The highest BCUT2D eigenvalue weighted by Gasteiger charge is 2.27. The lowest BCUT2D eigenvalue weighted by Crippen LogP contribution is -2.11. The lowest BCUT2D eigenvalue weighted by atomic mass is 10.2. The Morgan fingerprint density at radius 3 is 1.69 bits per heavy atom. The molecule has 4 rings (SSSR count). The SMILES string of the molecule is COc1c(OS(=O)(=O)O)cc2c(ccn2S(=O)(=O)O)c1Oc1cc2ccn(S(=O)(=O)O)c2cc1OS(=O)(=O)O. The normalized spacial score (nSPS) is 13.1. The molecule has 0 saturated heterocycles. The third kappa shape index (κ3) is 5.86. The second-order valence-corrected chi connectivity index (χ2v) is 12.0. The first-order chi connectivity index (χ1) is 17.8. The van der Waals surface area contributed by atoms with Gasteiger partial charge in [-0.25, -0.2) is 7.94 Å². The molecule has 0 bridgehead atoms. The van der Waals surface area contributed by atoms with Crippen LogP contribution in [0, 0.1) is 0 Å². The summed E-state index contributed by atoms with van der Waals surface area (Å²) in [6, 6.07) is 4.64. The number of nitrogens with zero attached hydrogens (tertiary/aromatic N) is 2. The van der Waals surface area contributed by atoms with Gasteiger partial charge >= 0.3 is 41.4 Å². The molecule has 0 unspecified atom stereocenters. The number of hydrogen-bond acceptors (Lipinski definition) is 12. The van der Waals surface area contributed by atoms with Crippen LogP contribution >= 0.6 is 0 Å². The Hall–Kier alpha value is -3.64. The van der Waals surface area contributed by atoms with Crippen molar-refractivity contribution < 1.29 is 69.7 Å². The molecule has 4 aromatic rings. The van der Waals surface area contributed by atoms with Gasteiger partial charge in [-0.05, 0) is 18.2 Å². The summed E-state index contributed by atoms with van der Waals surface area (Å²) in [5.74, 6) is -3.55. The van der Waals surface area contributed by atoms with Gasteiger partial charge in [0.1, 0.15) is 0 Å². The van der Waals surface area contributed by atoms with Gasteiger partial charge in [0.15, 0.2) is 23.0 Å². The van der Waals surface area contributed by atoms with Crippen LogP contribution in [0.2, 0.25) is 0 Å². The number of hydrogen-bond donors (Lipinski definition) is 4. The minimum absolute atomic E-state index is 0.0126. The highest BCUT2D eigenvalue weighted by Crippen LogP contribution is 2.48. The molecule has 0 aliphatic carbocycles. The highest BCUT2D eigenvalue weighted by molar-refractivity contribution is 7.84. The van der Waals surface area contributed by atoms with Crippen molar-refractivity contribution in [3.63, 3.8) is 0 Å². The average Bonchev–Trinajstić information content (AvgIpc) is 3.35. The van der Waals surface area contributed by atoms with Crippen molar-refractivity contribution in [2.75, 3.05) is 7.11 Å². The molecule has 2 aromatic carbocycles. The summed E-state index contributed by atoms with van der Waals surface area (Å²) in [4.78, 5) is 0. The third-order valence-electron chi connectivity index (χ3n) is 4.86. The summed E-state index contributed by atoms with van der Waals surface area (Å²) in [5.41, 5.74) is -0.829. The Kier molecular flexibility index (Phi) is 6.72. The van der Waals surface area contributed by atoms with E-state index in [0.29, 0.717) is 3.97 Å². The Morgan fingerprint density at radius 2 is 1.15 bits per heavy atom. The Morgan fingerprint density at radius 1 is 0.641 bits per heavy atom. The van der Waals surface area contributed by atoms with Gasteiger partial charge in [-0.15, -0.1) is 0 Å². The van der Waals surface area contributed by atoms with Crippen molar-refractivity contribution in [3.8, 4) is 28.7 Å². The predicted molar refractivity (Wildman–Crippen MR) is 129 cm³/mol. The largest absolute Gasteiger partial charge is 0.490 e. The van der Waals surface area contributed by atoms with Crippen LogP contribution in [-0.2, 0) is 41.4 Å². The fourth-order valence-electron chi connectivity index (χ4n) is 3.54. The quantitative estimate of drug-likeness (QED) is 0.188. The van der Waals surface area contributed by atoms with E-state index in [1.54, 1.807) is 0 Å². The van der Waals surface area contributed by atoms with Crippen LogP contribution in [-0.4, -0.2) is 66.9 Å². The van der Waals surface area contributed by atoms with Crippen LogP contribution in [0.15, 0.2) is 42.7 Å². The van der Waals surface area contributed by atoms with Gasteiger partial charge in [-0.2, -0.15) is 33.7 Å². The first-order valence-corrected chi connectivity index (χ1v) is 15.2. The van der Waals surface area contributed by atoms with Crippen LogP contribution in [0.3, 0.4) is 0 Å². The van der Waals surface area contributed by atoms with Gasteiger partial charge < -0.3 is 17.8 Å². The molecule has 0 atom stereocenters. The van der Waals surface area contributed by atoms with Gasteiger partial charge in [-0.3, -0.25) is 18.2 Å². The van der Waals surface area contributed by atoms with Gasteiger partial charge in [0.05, 0.1) is 18.1 Å². The second-order valence-electron chi connectivity index (χ2n) is 7.33. The Labute approximate surface area is 219 Å². The Bertz CT molecular complexity index is 2070. The Balaban J connectivity index is 2.06. The minimum Gasteiger partial charge on any atom is -0.490 e. The molecule has 0 spiro atoms. The molecule has 212 valence electrons. The molecule has 2 heterocycles. The summed E-state index contributed by atoms with van der Waals surface area (Å²) in [6.07, 6.45) is 1.70. The standard InChI is InChI=1S/C17H14N2O16S4/c1-32-17-15(35-39(29,30)31)8-12-10(3-5-19(12)37(23,24)25)16(17)33-13-6-9-2-4-18(36(20,21)22)11(9)7-14(13)34-38(26,27)28/h2-8H,1H3,(H,20,21,22)(H,23,24,25)(H,26,27,28)(H,29,30,31). The van der Waals surface area contributed by atoms with E-state index in [1.807, 2.05) is 0 Å². The number of rotatable bonds is 9. The maximum Gasteiger partial charge on any atom is 0.446 e. The minimum atomic E-state index is -5.28. The summed E-state index contributed by atoms with van der Waals surface area (Å²) < 4.78 is 150. The van der Waals surface area contributed by atoms with E-state index in [-0.39, 0.29) is 20.3 Å². The lowest BCUT2D eigenvalue weighted by molar-refractivity contribution is 0.342. The lowest BCUT2D eigenvalue weighted by Gasteiger charge is -2.17. The maximum absolute atomic E-state index is 11.8. The number of fused-ring (bicyclic) bond motifs is 2. The molecule has 0 amide bonds. The van der Waals surface area contributed by atoms with Crippen LogP contribution in [0.5, 0.6) is 28.7 Å². The molecule has 0 fully saturated rings. The van der Waals surface area contributed by atoms with E-state index in [0.717, 1.165) is 49.8 Å². The van der Waals surface area contributed by atoms with Crippen LogP contribution in [0.1, 0.15) is 0 Å². The molecule has 0 aliphatic rings. The monoisotopic (exact) mass is 630 g/mol. The maximum atomic E-state index is 11.8. The van der Waals surface area contributed by atoms with Crippen LogP contribution in [0.25, 0.3) is 21.8 Å². The van der Waals surface area contributed by atoms with E-state index >= 15 is 0 Å². The summed E-state index contributed by atoms with van der Waals surface area (Å²) in [7, 11) is -19.4. The highest BCUT2D eigenvalue weighted by atomic mass is 32.3. The fourth-order valence-corrected chi connectivity index (χ4v) is 5.49. The molecule has 39 heavy (non-hydrogen) atoms. The van der Waals surface area contributed by atoms with E-state index in [4.69, 9.17) is 9.47 Å². The van der Waals surface area contributed by atoms with Gasteiger partial charge in [0.2, 0.25) is 5.75 Å². The summed E-state index contributed by atoms with van der Waals surface area (Å²) in [5, 5.41) is -0.234. The van der Waals surface area contributed by atoms with E-state index < -0.39 is 75.7 Å². The van der Waals surface area contributed by atoms with Gasteiger partial charge in [0, 0.05) is 35.3 Å². The van der Waals surface area contributed by atoms with Gasteiger partial charge in [0.25, 0.3) is 0 Å². The zero-order chi connectivity index (χ0) is 29.1. The van der Waals surface area contributed by atoms with E-state index in [2.05, 4.69) is 8.37 Å². The summed E-state index contributed by atoms with van der Waals surface area (Å²) in [6.45, 7) is 0. The summed E-state index contributed by atoms with van der Waals surface area (Å²) >= 11 is 0. The first kappa shape index (κ1) is 28.4. The molecule has 18 nitrogen and oxygen atoms in total. The van der Waals surface area contributed by atoms with Crippen molar-refractivity contribution in [2.45, 2.75) is 0 Å². The molecule has 4 N–H and O–H groups in total. The van der Waals surface area contributed by atoms with E-state index in [9.17, 15) is 51.9 Å². The topological polar surface area (TPSA) is 264 Å².